The Bertz CT molecular complexity index is 346. The number of hydrogen-bond acceptors (Lipinski definition) is 4. The smallest absolute Gasteiger partial charge is 0.147 e. The number of nitrogens with two attached hydrogens (primary N) is 1. The van der Waals surface area contributed by atoms with Gasteiger partial charge in [0.05, 0.1) is 6.20 Å². The third kappa shape index (κ3) is 2.60. The highest BCUT2D eigenvalue weighted by Crippen LogP contribution is 2.25. The molecule has 2 rings (SSSR count). The van der Waals surface area contributed by atoms with Crippen LogP contribution in [0.15, 0.2) is 6.20 Å². The van der Waals surface area contributed by atoms with Crippen LogP contribution in [0.3, 0.4) is 0 Å². The summed E-state index contributed by atoms with van der Waals surface area (Å²) < 4.78 is 2.00. The fraction of sp³-hybridized carbons (Fsp3) is 0.833. The van der Waals surface area contributed by atoms with E-state index in [4.69, 9.17) is 5.73 Å². The minimum absolute atomic E-state index is 0.195. The Balaban J connectivity index is 2.20. The van der Waals surface area contributed by atoms with Crippen LogP contribution < -0.4 is 10.6 Å². The molecule has 0 bridgehead atoms. The zero-order valence-corrected chi connectivity index (χ0v) is 10.8. The Morgan fingerprint density at radius 3 is 3.06 bits per heavy atom. The molecule has 1 aromatic heterocycles. The molecule has 1 aliphatic heterocycles. The molecular formula is C12H23N5. The van der Waals surface area contributed by atoms with E-state index in [1.165, 1.54) is 19.3 Å². The summed E-state index contributed by atoms with van der Waals surface area (Å²) in [5.41, 5.74) is 6.10. The number of rotatable bonds is 4. The van der Waals surface area contributed by atoms with Crippen molar-refractivity contribution in [3.05, 3.63) is 6.20 Å². The summed E-state index contributed by atoms with van der Waals surface area (Å²) >= 11 is 0. The highest BCUT2D eigenvalue weighted by Gasteiger charge is 2.27. The van der Waals surface area contributed by atoms with E-state index in [2.05, 4.69) is 29.1 Å². The van der Waals surface area contributed by atoms with Gasteiger partial charge in [-0.2, -0.15) is 0 Å². The Morgan fingerprint density at radius 1 is 1.53 bits per heavy atom. The Hall–Kier alpha value is -1.10. The van der Waals surface area contributed by atoms with E-state index in [1.807, 2.05) is 10.9 Å². The maximum Gasteiger partial charge on any atom is 0.147 e. The van der Waals surface area contributed by atoms with Crippen molar-refractivity contribution in [1.82, 2.24) is 15.0 Å². The zero-order chi connectivity index (χ0) is 12.3. The van der Waals surface area contributed by atoms with Crippen LogP contribution in [0, 0.1) is 0 Å². The van der Waals surface area contributed by atoms with Gasteiger partial charge in [0.25, 0.3) is 0 Å². The topological polar surface area (TPSA) is 60.0 Å². The number of nitrogens with zero attached hydrogens (tertiary/aromatic N) is 4. The Kier molecular flexibility index (Phi) is 3.99. The average Bonchev–Trinajstić information content (AvgIpc) is 2.77. The van der Waals surface area contributed by atoms with E-state index in [9.17, 15) is 0 Å². The number of piperidine rings is 1. The highest BCUT2D eigenvalue weighted by atomic mass is 15.5. The molecule has 1 aromatic rings. The van der Waals surface area contributed by atoms with Gasteiger partial charge in [0.2, 0.25) is 0 Å². The first-order valence-corrected chi connectivity index (χ1v) is 6.64. The van der Waals surface area contributed by atoms with Crippen LogP contribution in [0.1, 0.15) is 39.5 Å². The van der Waals surface area contributed by atoms with Gasteiger partial charge in [0, 0.05) is 25.2 Å². The van der Waals surface area contributed by atoms with Crippen LogP contribution in [0.5, 0.6) is 0 Å². The SMILES string of the molecule is CCCn1nncc1N1CCCCC1C(C)N. The molecule has 1 aliphatic rings. The second kappa shape index (κ2) is 5.49. The van der Waals surface area contributed by atoms with Crippen molar-refractivity contribution >= 4 is 5.82 Å². The molecule has 0 spiro atoms. The van der Waals surface area contributed by atoms with Crippen LogP contribution in [-0.2, 0) is 6.54 Å². The molecule has 5 heteroatoms. The monoisotopic (exact) mass is 237 g/mol. The van der Waals surface area contributed by atoms with Gasteiger partial charge in [0.15, 0.2) is 0 Å². The normalized spacial score (nSPS) is 22.8. The lowest BCUT2D eigenvalue weighted by atomic mass is 9.97. The van der Waals surface area contributed by atoms with Crippen molar-refractivity contribution in [3.63, 3.8) is 0 Å². The molecule has 2 atom stereocenters. The summed E-state index contributed by atoms with van der Waals surface area (Å²) in [5.74, 6) is 1.13. The maximum atomic E-state index is 6.10. The van der Waals surface area contributed by atoms with Gasteiger partial charge in [-0.25, -0.2) is 4.68 Å². The van der Waals surface area contributed by atoms with Gasteiger partial charge in [-0.3, -0.25) is 0 Å². The lowest BCUT2D eigenvalue weighted by Crippen LogP contribution is -2.50. The molecule has 0 aliphatic carbocycles. The quantitative estimate of drug-likeness (QED) is 0.859. The number of aromatic nitrogens is 3. The lowest BCUT2D eigenvalue weighted by Gasteiger charge is -2.39. The minimum atomic E-state index is 0.195. The van der Waals surface area contributed by atoms with Crippen LogP contribution in [0.4, 0.5) is 5.82 Å². The lowest BCUT2D eigenvalue weighted by molar-refractivity contribution is 0.402. The molecule has 2 N–H and O–H groups in total. The van der Waals surface area contributed by atoms with Crippen molar-refractivity contribution in [1.29, 1.82) is 0 Å². The fourth-order valence-corrected chi connectivity index (χ4v) is 2.63. The predicted octanol–water partition coefficient (Wildman–Crippen LogP) is 1.39. The van der Waals surface area contributed by atoms with Crippen molar-refractivity contribution in [2.45, 2.75) is 58.2 Å². The summed E-state index contributed by atoms with van der Waals surface area (Å²) in [6.45, 7) is 6.25. The first-order valence-electron chi connectivity index (χ1n) is 6.64. The molecule has 0 radical (unpaired) electrons. The summed E-state index contributed by atoms with van der Waals surface area (Å²) in [5, 5.41) is 8.20. The molecular weight excluding hydrogens is 214 g/mol. The second-order valence-corrected chi connectivity index (χ2v) is 4.93. The molecule has 1 saturated heterocycles. The van der Waals surface area contributed by atoms with E-state index >= 15 is 0 Å². The van der Waals surface area contributed by atoms with Gasteiger partial charge in [-0.15, -0.1) is 5.10 Å². The molecule has 1 fully saturated rings. The zero-order valence-electron chi connectivity index (χ0n) is 10.8. The number of aryl methyl sites for hydroxylation is 1. The summed E-state index contributed by atoms with van der Waals surface area (Å²) in [6.07, 6.45) is 6.64. The van der Waals surface area contributed by atoms with Crippen molar-refractivity contribution < 1.29 is 0 Å². The molecule has 0 amide bonds. The maximum absolute atomic E-state index is 6.10. The van der Waals surface area contributed by atoms with Crippen molar-refractivity contribution in [2.75, 3.05) is 11.4 Å². The molecule has 17 heavy (non-hydrogen) atoms. The fourth-order valence-electron chi connectivity index (χ4n) is 2.63. The van der Waals surface area contributed by atoms with E-state index in [0.717, 1.165) is 25.3 Å². The Labute approximate surface area is 103 Å². The van der Waals surface area contributed by atoms with Crippen LogP contribution in [0.25, 0.3) is 0 Å². The second-order valence-electron chi connectivity index (χ2n) is 4.93. The van der Waals surface area contributed by atoms with Crippen molar-refractivity contribution in [3.8, 4) is 0 Å². The summed E-state index contributed by atoms with van der Waals surface area (Å²) in [4.78, 5) is 2.39. The molecule has 2 heterocycles. The molecule has 0 aromatic carbocycles. The molecule has 5 nitrogen and oxygen atoms in total. The van der Waals surface area contributed by atoms with Crippen LogP contribution in [0.2, 0.25) is 0 Å². The third-order valence-electron chi connectivity index (χ3n) is 3.48. The van der Waals surface area contributed by atoms with E-state index < -0.39 is 0 Å². The van der Waals surface area contributed by atoms with Gasteiger partial charge in [0.1, 0.15) is 5.82 Å². The summed E-state index contributed by atoms with van der Waals surface area (Å²) in [7, 11) is 0. The first-order chi connectivity index (χ1) is 8.24. The third-order valence-corrected chi connectivity index (χ3v) is 3.48. The van der Waals surface area contributed by atoms with Gasteiger partial charge in [-0.1, -0.05) is 12.1 Å². The van der Waals surface area contributed by atoms with Crippen LogP contribution >= 0.6 is 0 Å². The van der Waals surface area contributed by atoms with Gasteiger partial charge >= 0.3 is 0 Å². The van der Waals surface area contributed by atoms with E-state index in [1.54, 1.807) is 0 Å². The van der Waals surface area contributed by atoms with E-state index in [-0.39, 0.29) is 6.04 Å². The molecule has 0 saturated carbocycles. The van der Waals surface area contributed by atoms with Gasteiger partial charge < -0.3 is 10.6 Å². The molecule has 96 valence electrons. The number of anilines is 1. The van der Waals surface area contributed by atoms with E-state index in [0.29, 0.717) is 6.04 Å². The predicted molar refractivity (Wildman–Crippen MR) is 68.9 cm³/mol. The standard InChI is InChI=1S/C12H23N5/c1-3-7-17-12(9-14-15-17)16-8-5-4-6-11(16)10(2)13/h9-11H,3-8,13H2,1-2H3. The summed E-state index contributed by atoms with van der Waals surface area (Å²) in [6, 6.07) is 0.623. The van der Waals surface area contributed by atoms with Crippen LogP contribution in [-0.4, -0.2) is 33.6 Å². The average molecular weight is 237 g/mol. The Morgan fingerprint density at radius 2 is 2.35 bits per heavy atom. The van der Waals surface area contributed by atoms with Crippen molar-refractivity contribution in [2.24, 2.45) is 5.73 Å². The largest absolute Gasteiger partial charge is 0.351 e. The highest BCUT2D eigenvalue weighted by molar-refractivity contribution is 5.38. The van der Waals surface area contributed by atoms with Gasteiger partial charge in [-0.05, 0) is 32.6 Å². The number of hydrogen-bond donors (Lipinski definition) is 1. The minimum Gasteiger partial charge on any atom is -0.351 e. The molecule has 2 unspecified atom stereocenters. The first kappa shape index (κ1) is 12.4.